The average molecular weight is 210 g/mol. The zero-order valence-electron chi connectivity index (χ0n) is 9.16. The standard InChI is InChI=1S/C12H15FO2/c1-8(2)9(3)15-12(14)10-6-4-5-7-11(10)13/h4-9H,1-3H3. The number of ether oxygens (including phenoxy) is 1. The van der Waals surface area contributed by atoms with Crippen LogP contribution >= 0.6 is 0 Å². The summed E-state index contributed by atoms with van der Waals surface area (Å²) in [5, 5.41) is 0. The minimum atomic E-state index is -0.602. The molecule has 0 saturated carbocycles. The lowest BCUT2D eigenvalue weighted by Crippen LogP contribution is -2.20. The second-order valence-electron chi connectivity index (χ2n) is 3.83. The van der Waals surface area contributed by atoms with Crippen LogP contribution in [0.1, 0.15) is 31.1 Å². The second-order valence-corrected chi connectivity index (χ2v) is 3.83. The van der Waals surface area contributed by atoms with Crippen molar-refractivity contribution in [2.45, 2.75) is 26.9 Å². The van der Waals surface area contributed by atoms with Gasteiger partial charge in [-0.05, 0) is 25.0 Å². The fourth-order valence-corrected chi connectivity index (χ4v) is 0.995. The van der Waals surface area contributed by atoms with Crippen molar-refractivity contribution in [1.82, 2.24) is 0 Å². The number of esters is 1. The van der Waals surface area contributed by atoms with Gasteiger partial charge in [-0.25, -0.2) is 9.18 Å². The number of benzene rings is 1. The molecule has 0 aliphatic heterocycles. The fourth-order valence-electron chi connectivity index (χ4n) is 0.995. The van der Waals surface area contributed by atoms with Gasteiger partial charge in [0.05, 0.1) is 5.56 Å². The van der Waals surface area contributed by atoms with Gasteiger partial charge in [-0.15, -0.1) is 0 Å². The highest BCUT2D eigenvalue weighted by atomic mass is 19.1. The third kappa shape index (κ3) is 3.05. The van der Waals surface area contributed by atoms with Crippen molar-refractivity contribution in [1.29, 1.82) is 0 Å². The molecular weight excluding hydrogens is 195 g/mol. The van der Waals surface area contributed by atoms with E-state index in [0.717, 1.165) is 0 Å². The summed E-state index contributed by atoms with van der Waals surface area (Å²) in [5.74, 6) is -0.923. The maximum absolute atomic E-state index is 13.2. The van der Waals surface area contributed by atoms with Crippen molar-refractivity contribution in [3.63, 3.8) is 0 Å². The quantitative estimate of drug-likeness (QED) is 0.717. The number of carbonyl (C=O) groups is 1. The molecule has 0 bridgehead atoms. The topological polar surface area (TPSA) is 26.3 Å². The second kappa shape index (κ2) is 4.91. The molecule has 0 amide bonds. The first-order valence-electron chi connectivity index (χ1n) is 4.98. The van der Waals surface area contributed by atoms with Crippen molar-refractivity contribution >= 4 is 5.97 Å². The molecule has 1 atom stereocenters. The van der Waals surface area contributed by atoms with E-state index in [1.54, 1.807) is 13.0 Å². The number of carbonyl (C=O) groups excluding carboxylic acids is 1. The Balaban J connectivity index is 2.74. The molecule has 0 aromatic heterocycles. The van der Waals surface area contributed by atoms with E-state index in [9.17, 15) is 9.18 Å². The number of hydrogen-bond donors (Lipinski definition) is 0. The lowest BCUT2D eigenvalue weighted by Gasteiger charge is -2.16. The van der Waals surface area contributed by atoms with Crippen LogP contribution in [-0.2, 0) is 4.74 Å². The Morgan fingerprint density at radius 2 is 1.87 bits per heavy atom. The summed E-state index contributed by atoms with van der Waals surface area (Å²) in [6.45, 7) is 5.68. The molecule has 1 rings (SSSR count). The van der Waals surface area contributed by atoms with E-state index < -0.39 is 11.8 Å². The van der Waals surface area contributed by atoms with Gasteiger partial charge in [0.15, 0.2) is 0 Å². The minimum Gasteiger partial charge on any atom is -0.459 e. The number of halogens is 1. The van der Waals surface area contributed by atoms with Crippen LogP contribution in [0.15, 0.2) is 24.3 Å². The van der Waals surface area contributed by atoms with Crippen molar-refractivity contribution in [2.75, 3.05) is 0 Å². The zero-order chi connectivity index (χ0) is 11.4. The van der Waals surface area contributed by atoms with Crippen LogP contribution in [0, 0.1) is 11.7 Å². The minimum absolute atomic E-state index is 0.00926. The summed E-state index contributed by atoms with van der Waals surface area (Å²) in [4.78, 5) is 11.5. The molecule has 0 radical (unpaired) electrons. The number of hydrogen-bond acceptors (Lipinski definition) is 2. The molecule has 82 valence electrons. The highest BCUT2D eigenvalue weighted by Crippen LogP contribution is 2.12. The van der Waals surface area contributed by atoms with Gasteiger partial charge in [0.1, 0.15) is 11.9 Å². The molecule has 0 N–H and O–H groups in total. The van der Waals surface area contributed by atoms with E-state index >= 15 is 0 Å². The Morgan fingerprint density at radius 3 is 2.40 bits per heavy atom. The predicted octanol–water partition coefficient (Wildman–Crippen LogP) is 3.03. The van der Waals surface area contributed by atoms with Crippen LogP contribution in [-0.4, -0.2) is 12.1 Å². The van der Waals surface area contributed by atoms with Gasteiger partial charge in [-0.3, -0.25) is 0 Å². The Labute approximate surface area is 89.1 Å². The number of rotatable bonds is 3. The van der Waals surface area contributed by atoms with Gasteiger partial charge >= 0.3 is 5.97 Å². The van der Waals surface area contributed by atoms with Gasteiger partial charge in [-0.1, -0.05) is 26.0 Å². The third-order valence-electron chi connectivity index (χ3n) is 2.33. The van der Waals surface area contributed by atoms with Gasteiger partial charge < -0.3 is 4.74 Å². The summed E-state index contributed by atoms with van der Waals surface area (Å²) >= 11 is 0. The van der Waals surface area contributed by atoms with E-state index in [0.29, 0.717) is 0 Å². The molecule has 1 aromatic carbocycles. The van der Waals surface area contributed by atoms with Gasteiger partial charge in [0.2, 0.25) is 0 Å². The summed E-state index contributed by atoms with van der Waals surface area (Å²) in [5.41, 5.74) is -0.00926. The molecule has 15 heavy (non-hydrogen) atoms. The van der Waals surface area contributed by atoms with Gasteiger partial charge in [0.25, 0.3) is 0 Å². The van der Waals surface area contributed by atoms with Crippen LogP contribution in [0.4, 0.5) is 4.39 Å². The van der Waals surface area contributed by atoms with E-state index in [1.165, 1.54) is 18.2 Å². The van der Waals surface area contributed by atoms with Crippen molar-refractivity contribution in [3.8, 4) is 0 Å². The molecule has 1 unspecified atom stereocenters. The van der Waals surface area contributed by atoms with E-state index in [1.807, 2.05) is 13.8 Å². The lowest BCUT2D eigenvalue weighted by molar-refractivity contribution is 0.0233. The van der Waals surface area contributed by atoms with E-state index in [2.05, 4.69) is 0 Å². The first kappa shape index (κ1) is 11.7. The SMILES string of the molecule is CC(C)C(C)OC(=O)c1ccccc1F. The highest BCUT2D eigenvalue weighted by molar-refractivity contribution is 5.89. The van der Waals surface area contributed by atoms with Crippen LogP contribution in [0.3, 0.4) is 0 Å². The lowest BCUT2D eigenvalue weighted by atomic mass is 10.1. The Morgan fingerprint density at radius 1 is 1.27 bits per heavy atom. The van der Waals surface area contributed by atoms with Crippen LogP contribution in [0.25, 0.3) is 0 Å². The molecule has 0 aliphatic carbocycles. The van der Waals surface area contributed by atoms with E-state index in [-0.39, 0.29) is 17.6 Å². The van der Waals surface area contributed by atoms with E-state index in [4.69, 9.17) is 4.74 Å². The molecule has 2 nitrogen and oxygen atoms in total. The zero-order valence-corrected chi connectivity index (χ0v) is 9.16. The molecule has 0 aliphatic rings. The smallest absolute Gasteiger partial charge is 0.341 e. The van der Waals surface area contributed by atoms with Crippen molar-refractivity contribution in [3.05, 3.63) is 35.6 Å². The van der Waals surface area contributed by atoms with Crippen molar-refractivity contribution in [2.24, 2.45) is 5.92 Å². The highest BCUT2D eigenvalue weighted by Gasteiger charge is 2.17. The monoisotopic (exact) mass is 210 g/mol. The Hall–Kier alpha value is -1.38. The van der Waals surface area contributed by atoms with Crippen LogP contribution in [0.2, 0.25) is 0 Å². The van der Waals surface area contributed by atoms with Gasteiger partial charge in [0, 0.05) is 0 Å². The predicted molar refractivity (Wildman–Crippen MR) is 56.1 cm³/mol. The maximum atomic E-state index is 13.2. The summed E-state index contributed by atoms with van der Waals surface area (Å²) < 4.78 is 18.3. The fraction of sp³-hybridized carbons (Fsp3) is 0.417. The molecule has 0 spiro atoms. The molecular formula is C12H15FO2. The normalized spacial score (nSPS) is 12.6. The van der Waals surface area contributed by atoms with Crippen LogP contribution < -0.4 is 0 Å². The summed E-state index contributed by atoms with van der Waals surface area (Å²) in [6.07, 6.45) is -0.211. The molecule has 3 heteroatoms. The first-order chi connectivity index (χ1) is 7.02. The molecule has 0 saturated heterocycles. The first-order valence-corrected chi connectivity index (χ1v) is 4.98. The average Bonchev–Trinajstić information content (AvgIpc) is 2.18. The molecule has 0 fully saturated rings. The largest absolute Gasteiger partial charge is 0.459 e. The Bertz CT molecular complexity index is 347. The van der Waals surface area contributed by atoms with Gasteiger partial charge in [-0.2, -0.15) is 0 Å². The summed E-state index contributed by atoms with van der Waals surface area (Å²) in [7, 11) is 0. The third-order valence-corrected chi connectivity index (χ3v) is 2.33. The molecule has 0 heterocycles. The van der Waals surface area contributed by atoms with Crippen molar-refractivity contribution < 1.29 is 13.9 Å². The molecule has 1 aromatic rings. The maximum Gasteiger partial charge on any atom is 0.341 e. The summed E-state index contributed by atoms with van der Waals surface area (Å²) in [6, 6.07) is 5.82. The Kier molecular flexibility index (Phi) is 3.83. The van der Waals surface area contributed by atoms with Crippen LogP contribution in [0.5, 0.6) is 0 Å².